The number of carbonyl (C=O) groups excluding carboxylic acids is 1. The summed E-state index contributed by atoms with van der Waals surface area (Å²) in [6.45, 7) is 8.59. The fraction of sp³-hybridized carbons (Fsp3) is 0.588. The lowest BCUT2D eigenvalue weighted by molar-refractivity contribution is 0.0755. The predicted molar refractivity (Wildman–Crippen MR) is 91.3 cm³/mol. The van der Waals surface area contributed by atoms with Gasteiger partial charge in [-0.05, 0) is 43.5 Å². The van der Waals surface area contributed by atoms with E-state index in [1.807, 2.05) is 17.9 Å². The summed E-state index contributed by atoms with van der Waals surface area (Å²) in [6.07, 6.45) is 5.87. The van der Waals surface area contributed by atoms with Gasteiger partial charge in [0.2, 0.25) is 0 Å². The van der Waals surface area contributed by atoms with Gasteiger partial charge in [-0.3, -0.25) is 4.79 Å². The SMILES string of the molecule is CCCN(CCC)C(=O)c1ccc(NB2CCC2)cc1C. The molecule has 0 unspecified atom stereocenters. The van der Waals surface area contributed by atoms with Gasteiger partial charge in [-0.15, -0.1) is 0 Å². The Bertz CT molecular complexity index is 480. The van der Waals surface area contributed by atoms with Crippen molar-refractivity contribution in [3.05, 3.63) is 29.3 Å². The Morgan fingerprint density at radius 3 is 2.38 bits per heavy atom. The molecule has 0 aromatic heterocycles. The highest BCUT2D eigenvalue weighted by molar-refractivity contribution is 6.65. The van der Waals surface area contributed by atoms with E-state index in [0.29, 0.717) is 6.85 Å². The van der Waals surface area contributed by atoms with Gasteiger partial charge in [-0.25, -0.2) is 0 Å². The van der Waals surface area contributed by atoms with Crippen LogP contribution in [0.3, 0.4) is 0 Å². The van der Waals surface area contributed by atoms with Gasteiger partial charge >= 0.3 is 0 Å². The van der Waals surface area contributed by atoms with Crippen molar-refractivity contribution >= 4 is 18.4 Å². The molecule has 1 aromatic rings. The number of benzene rings is 1. The van der Waals surface area contributed by atoms with Crippen LogP contribution < -0.4 is 5.23 Å². The van der Waals surface area contributed by atoms with Crippen LogP contribution in [0.25, 0.3) is 0 Å². The monoisotopic (exact) mass is 286 g/mol. The molecule has 1 saturated heterocycles. The van der Waals surface area contributed by atoms with Crippen LogP contribution in [0.5, 0.6) is 0 Å². The number of hydrogen-bond donors (Lipinski definition) is 1. The van der Waals surface area contributed by atoms with E-state index in [1.165, 1.54) is 19.1 Å². The molecule has 1 heterocycles. The molecule has 1 amide bonds. The van der Waals surface area contributed by atoms with E-state index < -0.39 is 0 Å². The number of nitrogens with one attached hydrogen (secondary N) is 1. The molecule has 0 atom stereocenters. The smallest absolute Gasteiger partial charge is 0.254 e. The molecule has 4 heteroatoms. The molecule has 2 rings (SSSR count). The molecule has 1 aliphatic heterocycles. The zero-order chi connectivity index (χ0) is 15.2. The Hall–Kier alpha value is -1.45. The number of amides is 1. The van der Waals surface area contributed by atoms with Gasteiger partial charge < -0.3 is 10.1 Å². The third kappa shape index (κ3) is 4.02. The molecule has 21 heavy (non-hydrogen) atoms. The first-order valence-corrected chi connectivity index (χ1v) is 8.32. The van der Waals surface area contributed by atoms with Crippen molar-refractivity contribution in [1.29, 1.82) is 0 Å². The van der Waals surface area contributed by atoms with Gasteiger partial charge in [0.1, 0.15) is 0 Å². The Labute approximate surface area is 129 Å². The van der Waals surface area contributed by atoms with Gasteiger partial charge in [0.25, 0.3) is 12.8 Å². The van der Waals surface area contributed by atoms with E-state index in [2.05, 4.69) is 31.2 Å². The largest absolute Gasteiger partial charge is 0.428 e. The van der Waals surface area contributed by atoms with Gasteiger partial charge in [0, 0.05) is 24.3 Å². The number of rotatable bonds is 7. The highest BCUT2D eigenvalue weighted by Gasteiger charge is 2.23. The molecule has 0 saturated carbocycles. The van der Waals surface area contributed by atoms with Crippen molar-refractivity contribution < 1.29 is 4.79 Å². The second kappa shape index (κ2) is 7.53. The van der Waals surface area contributed by atoms with Crippen LogP contribution >= 0.6 is 0 Å². The molecular weight excluding hydrogens is 259 g/mol. The minimum absolute atomic E-state index is 0.173. The zero-order valence-corrected chi connectivity index (χ0v) is 13.6. The van der Waals surface area contributed by atoms with Crippen LogP contribution in [0.1, 0.15) is 49.0 Å². The van der Waals surface area contributed by atoms with Gasteiger partial charge in [0.15, 0.2) is 0 Å². The fourth-order valence-electron chi connectivity index (χ4n) is 2.81. The van der Waals surface area contributed by atoms with Crippen LogP contribution in [-0.4, -0.2) is 30.7 Å². The van der Waals surface area contributed by atoms with Gasteiger partial charge in [0.05, 0.1) is 0 Å². The molecule has 0 bridgehead atoms. The molecule has 1 aromatic carbocycles. The summed E-state index contributed by atoms with van der Waals surface area (Å²) in [6, 6.07) is 6.15. The average molecular weight is 286 g/mol. The zero-order valence-electron chi connectivity index (χ0n) is 13.6. The van der Waals surface area contributed by atoms with Crippen LogP contribution in [0.4, 0.5) is 5.69 Å². The summed E-state index contributed by atoms with van der Waals surface area (Å²) in [5.74, 6) is 0.173. The third-order valence-electron chi connectivity index (χ3n) is 4.21. The maximum Gasteiger partial charge on any atom is 0.254 e. The van der Waals surface area contributed by atoms with Crippen molar-refractivity contribution in [2.75, 3.05) is 18.3 Å². The number of anilines is 1. The Morgan fingerprint density at radius 1 is 1.24 bits per heavy atom. The van der Waals surface area contributed by atoms with Crippen LogP contribution in [0, 0.1) is 6.92 Å². The van der Waals surface area contributed by atoms with E-state index in [4.69, 9.17) is 0 Å². The lowest BCUT2D eigenvalue weighted by atomic mass is 9.45. The summed E-state index contributed by atoms with van der Waals surface area (Å²) in [7, 11) is 0. The van der Waals surface area contributed by atoms with Crippen LogP contribution in [0.15, 0.2) is 18.2 Å². The van der Waals surface area contributed by atoms with Gasteiger partial charge in [-0.1, -0.05) is 32.9 Å². The van der Waals surface area contributed by atoms with Crippen LogP contribution in [-0.2, 0) is 0 Å². The van der Waals surface area contributed by atoms with Crippen molar-refractivity contribution in [3.8, 4) is 0 Å². The maximum atomic E-state index is 12.7. The topological polar surface area (TPSA) is 32.3 Å². The first-order valence-electron chi connectivity index (χ1n) is 8.32. The summed E-state index contributed by atoms with van der Waals surface area (Å²) >= 11 is 0. The van der Waals surface area contributed by atoms with Crippen molar-refractivity contribution in [1.82, 2.24) is 4.90 Å². The normalized spacial score (nSPS) is 13.8. The second-order valence-electron chi connectivity index (χ2n) is 6.09. The highest BCUT2D eigenvalue weighted by atomic mass is 16.2. The van der Waals surface area contributed by atoms with Crippen molar-refractivity contribution in [3.63, 3.8) is 0 Å². The van der Waals surface area contributed by atoms with Crippen LogP contribution in [0.2, 0.25) is 12.6 Å². The molecule has 0 aliphatic carbocycles. The van der Waals surface area contributed by atoms with Gasteiger partial charge in [-0.2, -0.15) is 0 Å². The summed E-state index contributed by atoms with van der Waals surface area (Å²) in [5.41, 5.74) is 3.06. The number of aryl methyl sites for hydroxylation is 1. The quantitative estimate of drug-likeness (QED) is 0.766. The summed E-state index contributed by atoms with van der Waals surface area (Å²) < 4.78 is 0. The minimum atomic E-state index is 0.173. The van der Waals surface area contributed by atoms with E-state index in [9.17, 15) is 4.79 Å². The van der Waals surface area contributed by atoms with Crippen molar-refractivity contribution in [2.45, 2.75) is 52.7 Å². The van der Waals surface area contributed by atoms with E-state index in [-0.39, 0.29) is 5.91 Å². The molecule has 1 fully saturated rings. The van der Waals surface area contributed by atoms with E-state index in [0.717, 1.165) is 42.7 Å². The Kier molecular flexibility index (Phi) is 5.71. The van der Waals surface area contributed by atoms with Crippen molar-refractivity contribution in [2.24, 2.45) is 0 Å². The number of nitrogens with zero attached hydrogens (tertiary/aromatic N) is 1. The summed E-state index contributed by atoms with van der Waals surface area (Å²) in [5, 5.41) is 3.54. The third-order valence-corrected chi connectivity index (χ3v) is 4.21. The first kappa shape index (κ1) is 15.9. The van der Waals surface area contributed by atoms with E-state index >= 15 is 0 Å². The second-order valence-corrected chi connectivity index (χ2v) is 6.09. The average Bonchev–Trinajstić information content (AvgIpc) is 2.42. The Balaban J connectivity index is 2.08. The molecule has 1 aliphatic rings. The lowest BCUT2D eigenvalue weighted by Crippen LogP contribution is -2.33. The minimum Gasteiger partial charge on any atom is -0.428 e. The first-order chi connectivity index (χ1) is 10.2. The molecule has 0 radical (unpaired) electrons. The van der Waals surface area contributed by atoms with E-state index in [1.54, 1.807) is 0 Å². The maximum absolute atomic E-state index is 12.7. The highest BCUT2D eigenvalue weighted by Crippen LogP contribution is 2.24. The lowest BCUT2D eigenvalue weighted by Gasteiger charge is -2.25. The molecule has 0 spiro atoms. The Morgan fingerprint density at radius 2 is 1.90 bits per heavy atom. The molecule has 3 nitrogen and oxygen atoms in total. The molecular formula is C17H27BN2O. The molecule has 114 valence electrons. The standard InChI is InChI=1S/C17H27BN2O/c1-4-11-20(12-5-2)17(21)16-8-7-15(13-14(16)3)19-18-9-6-10-18/h7-8,13,19H,4-6,9-12H2,1-3H3. The predicted octanol–water partition coefficient (Wildman–Crippen LogP) is 4.06. The fourth-order valence-corrected chi connectivity index (χ4v) is 2.81. The number of carbonyl (C=O) groups is 1. The summed E-state index contributed by atoms with van der Waals surface area (Å²) in [4.78, 5) is 14.6. The number of hydrogen-bond acceptors (Lipinski definition) is 2. The molecule has 1 N–H and O–H groups in total.